The molecule has 0 amide bonds. The first-order valence-corrected chi connectivity index (χ1v) is 19.5. The number of carbonyl (C=O) groups is 2. The summed E-state index contributed by atoms with van der Waals surface area (Å²) >= 11 is 0. The fourth-order valence-electron chi connectivity index (χ4n) is 12.9. The number of aliphatic hydroxyl groups excluding tert-OH is 4. The van der Waals surface area contributed by atoms with Crippen LogP contribution in [-0.4, -0.2) is 131 Å². The highest BCUT2D eigenvalue weighted by Gasteiger charge is 2.86. The monoisotopic (exact) mass is 738 g/mol. The second-order valence-corrected chi connectivity index (χ2v) is 17.6. The zero-order chi connectivity index (χ0) is 37.0. The average Bonchev–Trinajstić information content (AvgIpc) is 3.41. The lowest BCUT2D eigenvalue weighted by molar-refractivity contribution is -0.347. The van der Waals surface area contributed by atoms with Gasteiger partial charge in [0.25, 0.3) is 0 Å². The van der Waals surface area contributed by atoms with Gasteiger partial charge in [-0.1, -0.05) is 13.8 Å². The lowest BCUT2D eigenvalue weighted by atomic mass is 9.44. The molecule has 0 aromatic rings. The number of hydrogen-bond acceptors (Lipinski definition) is 14. The van der Waals surface area contributed by atoms with Gasteiger partial charge >= 0.3 is 11.9 Å². The molecule has 14 heteroatoms. The zero-order valence-electron chi connectivity index (χ0n) is 31.0. The molecule has 4 aliphatic carbocycles. The molecule has 8 aliphatic rings. The van der Waals surface area contributed by atoms with Gasteiger partial charge in [-0.2, -0.15) is 0 Å². The van der Waals surface area contributed by atoms with E-state index in [0.29, 0.717) is 31.3 Å². The molecule has 4 heterocycles. The van der Waals surface area contributed by atoms with Crippen molar-refractivity contribution in [3.8, 4) is 0 Å². The molecule has 1 unspecified atom stereocenters. The summed E-state index contributed by atoms with van der Waals surface area (Å²) in [5.74, 6) is 0.667. The van der Waals surface area contributed by atoms with Crippen molar-refractivity contribution in [1.82, 2.24) is 0 Å². The van der Waals surface area contributed by atoms with Crippen LogP contribution in [0.25, 0.3) is 0 Å². The average molecular weight is 739 g/mol. The molecule has 8 rings (SSSR count). The number of esters is 2. The Hall–Kier alpha value is -1.46. The van der Waals surface area contributed by atoms with E-state index in [9.17, 15) is 30.0 Å². The van der Waals surface area contributed by atoms with Crippen LogP contribution < -0.4 is 0 Å². The first kappa shape index (κ1) is 37.5. The van der Waals surface area contributed by atoms with E-state index in [-0.39, 0.29) is 52.2 Å². The maximum absolute atomic E-state index is 12.7. The van der Waals surface area contributed by atoms with Gasteiger partial charge in [0.05, 0.1) is 37.9 Å². The van der Waals surface area contributed by atoms with Gasteiger partial charge in [0, 0.05) is 37.7 Å². The van der Waals surface area contributed by atoms with E-state index in [1.54, 1.807) is 14.0 Å². The molecule has 14 nitrogen and oxygen atoms in total. The molecule has 0 bridgehead atoms. The van der Waals surface area contributed by atoms with Crippen molar-refractivity contribution < 1.29 is 67.9 Å². The number of epoxide rings is 1. The molecular formula is C38H58O14. The summed E-state index contributed by atoms with van der Waals surface area (Å²) in [5, 5.41) is 40.7. The molecule has 4 saturated carbocycles. The Morgan fingerprint density at radius 1 is 0.904 bits per heavy atom. The van der Waals surface area contributed by atoms with Crippen LogP contribution in [0.5, 0.6) is 0 Å². The van der Waals surface area contributed by atoms with Crippen molar-refractivity contribution in [3.05, 3.63) is 0 Å². The first-order valence-electron chi connectivity index (χ1n) is 19.5. The second-order valence-electron chi connectivity index (χ2n) is 17.6. The van der Waals surface area contributed by atoms with E-state index in [2.05, 4.69) is 13.8 Å². The van der Waals surface area contributed by atoms with Gasteiger partial charge in [-0.3, -0.25) is 9.59 Å². The normalized spacial score (nSPS) is 55.4. The first-order chi connectivity index (χ1) is 24.7. The summed E-state index contributed by atoms with van der Waals surface area (Å²) in [7, 11) is 1.55. The fraction of sp³-hybridized carbons (Fsp3) is 0.947. The van der Waals surface area contributed by atoms with Crippen molar-refractivity contribution in [1.29, 1.82) is 0 Å². The molecule has 294 valence electrons. The Kier molecular flexibility index (Phi) is 9.61. The molecule has 4 N–H and O–H groups in total. The van der Waals surface area contributed by atoms with E-state index >= 15 is 0 Å². The van der Waals surface area contributed by atoms with Crippen LogP contribution in [0, 0.1) is 34.5 Å². The summed E-state index contributed by atoms with van der Waals surface area (Å²) < 4.78 is 49.3. The zero-order valence-corrected chi connectivity index (χ0v) is 31.0. The molecule has 0 radical (unpaired) electrons. The largest absolute Gasteiger partial charge is 0.465 e. The predicted molar refractivity (Wildman–Crippen MR) is 178 cm³/mol. The van der Waals surface area contributed by atoms with Gasteiger partial charge in [-0.05, 0) is 75.5 Å². The van der Waals surface area contributed by atoms with Crippen molar-refractivity contribution in [2.75, 3.05) is 20.3 Å². The van der Waals surface area contributed by atoms with E-state index in [1.165, 1.54) is 6.92 Å². The third-order valence-corrected chi connectivity index (χ3v) is 15.4. The van der Waals surface area contributed by atoms with Crippen LogP contribution in [0.1, 0.15) is 91.9 Å². The molecule has 4 aliphatic heterocycles. The standard InChI is InChI=1S/C38H58O14/c1-18-32(51-34-31(44)30(43)29(42)25(16-39)50-34)24(45-5)15-28(47-18)49-23-8-10-35(3)22(33(23)48-19(2)40)6-12-37-26(35)9-11-36(4)21(7-13-38(36,37)52-37)20-14-27(41)46-17-20/h18,20-26,28-34,39,42-44H,6-17H2,1-5H3/t18-,20?,21-,22+,23+,24-,25-,26-,28-,29-,30+,31-,32-,33-,34+,35+,36-,37+,38-/m1/s1. The number of rotatable bonds is 8. The molecule has 4 saturated heterocycles. The number of cyclic esters (lactones) is 1. The van der Waals surface area contributed by atoms with E-state index in [0.717, 1.165) is 44.9 Å². The highest BCUT2D eigenvalue weighted by molar-refractivity contribution is 5.71. The van der Waals surface area contributed by atoms with E-state index in [1.807, 2.05) is 0 Å². The smallest absolute Gasteiger partial charge is 0.306 e. The molecule has 0 aromatic carbocycles. The summed E-state index contributed by atoms with van der Waals surface area (Å²) in [6.45, 7) is 8.01. The summed E-state index contributed by atoms with van der Waals surface area (Å²) in [4.78, 5) is 24.8. The number of aliphatic hydroxyl groups is 4. The number of ether oxygens (including phenoxy) is 8. The summed E-state index contributed by atoms with van der Waals surface area (Å²) in [6, 6.07) is 0. The maximum Gasteiger partial charge on any atom is 0.306 e. The van der Waals surface area contributed by atoms with E-state index in [4.69, 9.17) is 37.9 Å². The fourth-order valence-corrected chi connectivity index (χ4v) is 12.9. The van der Waals surface area contributed by atoms with Gasteiger partial charge in [0.1, 0.15) is 47.8 Å². The quantitative estimate of drug-likeness (QED) is 0.160. The van der Waals surface area contributed by atoms with Gasteiger partial charge in [-0.25, -0.2) is 0 Å². The lowest BCUT2D eigenvalue weighted by Gasteiger charge is -2.60. The number of hydrogen-bond donors (Lipinski definition) is 4. The molecule has 19 atom stereocenters. The highest BCUT2D eigenvalue weighted by atomic mass is 16.7. The lowest BCUT2D eigenvalue weighted by Crippen LogP contribution is -2.63. The third-order valence-electron chi connectivity index (χ3n) is 15.4. The summed E-state index contributed by atoms with van der Waals surface area (Å²) in [5.41, 5.74) is -0.472. The minimum Gasteiger partial charge on any atom is -0.465 e. The molecule has 8 fully saturated rings. The van der Waals surface area contributed by atoms with Crippen LogP contribution in [0.2, 0.25) is 0 Å². The maximum atomic E-state index is 12.7. The van der Waals surface area contributed by atoms with Crippen LogP contribution in [0.15, 0.2) is 0 Å². The number of methoxy groups -OCH3 is 1. The Morgan fingerprint density at radius 3 is 2.37 bits per heavy atom. The van der Waals surface area contributed by atoms with Gasteiger partial charge < -0.3 is 58.3 Å². The Morgan fingerprint density at radius 2 is 1.67 bits per heavy atom. The SMILES string of the molecule is CO[C@@H]1C[C@@H](O[C@H]2CC[C@]3(C)[C@H]4CC[C@]5(C)[C@@H](C6COC(=O)C6)CC[C@@]56O[C@@]46CC[C@H]3[C@H]2OC(C)=O)O[C@H](C)[C@H]1O[C@@H]1O[C@H](CO)[C@@H](O)[C@H](O)[C@H]1O. The molecule has 0 aromatic heterocycles. The molecule has 2 spiro atoms. The third kappa shape index (κ3) is 5.48. The minimum absolute atomic E-state index is 0.0121. The van der Waals surface area contributed by atoms with Crippen molar-refractivity contribution in [2.45, 2.75) is 171 Å². The van der Waals surface area contributed by atoms with Crippen LogP contribution in [0.3, 0.4) is 0 Å². The van der Waals surface area contributed by atoms with Gasteiger partial charge in [0.2, 0.25) is 0 Å². The van der Waals surface area contributed by atoms with Crippen LogP contribution in [-0.2, 0) is 47.5 Å². The predicted octanol–water partition coefficient (Wildman–Crippen LogP) is 1.75. The van der Waals surface area contributed by atoms with Crippen LogP contribution >= 0.6 is 0 Å². The molecular weight excluding hydrogens is 680 g/mol. The van der Waals surface area contributed by atoms with Gasteiger partial charge in [-0.15, -0.1) is 0 Å². The Bertz CT molecular complexity index is 1380. The van der Waals surface area contributed by atoms with E-state index < -0.39 is 74.1 Å². The van der Waals surface area contributed by atoms with Crippen molar-refractivity contribution in [2.24, 2.45) is 34.5 Å². The molecule has 52 heavy (non-hydrogen) atoms. The number of fused-ring (bicyclic) bond motifs is 2. The Labute approximate surface area is 305 Å². The van der Waals surface area contributed by atoms with Crippen molar-refractivity contribution in [3.63, 3.8) is 0 Å². The van der Waals surface area contributed by atoms with Gasteiger partial charge in [0.15, 0.2) is 12.6 Å². The van der Waals surface area contributed by atoms with Crippen molar-refractivity contribution >= 4 is 11.9 Å². The summed E-state index contributed by atoms with van der Waals surface area (Å²) in [6.07, 6.45) is -2.13. The minimum atomic E-state index is -1.57. The second kappa shape index (κ2) is 13.3. The highest BCUT2D eigenvalue weighted by Crippen LogP contribution is 2.81. The topological polar surface area (TPSA) is 192 Å². The van der Waals surface area contributed by atoms with Crippen LogP contribution in [0.4, 0.5) is 0 Å². The Balaban J connectivity index is 0.959. The number of carbonyl (C=O) groups excluding carboxylic acids is 2.